The highest BCUT2D eigenvalue weighted by molar-refractivity contribution is 5.92. The van der Waals surface area contributed by atoms with Crippen LogP contribution in [0.3, 0.4) is 0 Å². The maximum Gasteiger partial charge on any atom is 0.292 e. The van der Waals surface area contributed by atoms with Crippen molar-refractivity contribution in [3.8, 4) is 0 Å². The van der Waals surface area contributed by atoms with Gasteiger partial charge in [-0.25, -0.2) is 0 Å². The van der Waals surface area contributed by atoms with E-state index in [4.69, 9.17) is 10.2 Å². The lowest BCUT2D eigenvalue weighted by Gasteiger charge is -2.34. The topological polar surface area (TPSA) is 75.6 Å². The molecule has 6 heteroatoms. The van der Waals surface area contributed by atoms with E-state index in [1.807, 2.05) is 18.2 Å². The van der Waals surface area contributed by atoms with Crippen LogP contribution in [0, 0.1) is 0 Å². The Kier molecular flexibility index (Phi) is 3.87. The molecule has 1 amide bonds. The highest BCUT2D eigenvalue weighted by Gasteiger charge is 2.24. The fourth-order valence-electron chi connectivity index (χ4n) is 2.50. The first-order valence-electron chi connectivity index (χ1n) is 6.99. The third kappa shape index (κ3) is 3.22. The van der Waals surface area contributed by atoms with Gasteiger partial charge in [0.1, 0.15) is 6.26 Å². The standard InChI is InChI=1S/C15H18N4O2/c16-15-17-13(11-21-15)14(20)19-8-6-18(7-9-19)10-12-4-2-1-3-5-12/h1-5,11H,6-10H2,(H2,16,17). The van der Waals surface area contributed by atoms with E-state index in [1.165, 1.54) is 11.8 Å². The van der Waals surface area contributed by atoms with Crippen molar-refractivity contribution in [1.82, 2.24) is 14.8 Å². The number of nitrogen functional groups attached to an aromatic ring is 1. The highest BCUT2D eigenvalue weighted by atomic mass is 16.4. The minimum absolute atomic E-state index is 0.0288. The van der Waals surface area contributed by atoms with Gasteiger partial charge < -0.3 is 15.1 Å². The number of hydrogen-bond acceptors (Lipinski definition) is 5. The van der Waals surface area contributed by atoms with Crippen LogP contribution in [-0.4, -0.2) is 46.9 Å². The predicted molar refractivity (Wildman–Crippen MR) is 78.5 cm³/mol. The maximum atomic E-state index is 12.2. The Morgan fingerprint density at radius 3 is 2.52 bits per heavy atom. The van der Waals surface area contributed by atoms with Gasteiger partial charge in [0.2, 0.25) is 0 Å². The van der Waals surface area contributed by atoms with Crippen LogP contribution < -0.4 is 5.73 Å². The van der Waals surface area contributed by atoms with E-state index < -0.39 is 0 Å². The van der Waals surface area contributed by atoms with Crippen LogP contribution in [0.25, 0.3) is 0 Å². The molecule has 0 unspecified atom stereocenters. The van der Waals surface area contributed by atoms with Crippen LogP contribution in [0.5, 0.6) is 0 Å². The van der Waals surface area contributed by atoms with E-state index in [-0.39, 0.29) is 17.6 Å². The Bertz CT molecular complexity index is 603. The van der Waals surface area contributed by atoms with E-state index in [0.717, 1.165) is 19.6 Å². The van der Waals surface area contributed by atoms with Crippen LogP contribution in [0.15, 0.2) is 41.0 Å². The van der Waals surface area contributed by atoms with Crippen molar-refractivity contribution in [3.63, 3.8) is 0 Å². The van der Waals surface area contributed by atoms with Gasteiger partial charge in [0.15, 0.2) is 5.69 Å². The van der Waals surface area contributed by atoms with Gasteiger partial charge >= 0.3 is 0 Å². The van der Waals surface area contributed by atoms with E-state index in [2.05, 4.69) is 22.0 Å². The van der Waals surface area contributed by atoms with Gasteiger partial charge in [0, 0.05) is 32.7 Å². The molecule has 2 N–H and O–H groups in total. The van der Waals surface area contributed by atoms with Gasteiger partial charge in [-0.15, -0.1) is 0 Å². The third-order valence-electron chi connectivity index (χ3n) is 3.65. The van der Waals surface area contributed by atoms with E-state index in [0.29, 0.717) is 13.1 Å². The molecule has 0 radical (unpaired) electrons. The van der Waals surface area contributed by atoms with Crippen molar-refractivity contribution >= 4 is 11.9 Å². The fourth-order valence-corrected chi connectivity index (χ4v) is 2.50. The number of carbonyl (C=O) groups excluding carboxylic acids is 1. The average molecular weight is 286 g/mol. The highest BCUT2D eigenvalue weighted by Crippen LogP contribution is 2.12. The van der Waals surface area contributed by atoms with Gasteiger partial charge in [-0.3, -0.25) is 9.69 Å². The summed E-state index contributed by atoms with van der Waals surface area (Å²) in [6.45, 7) is 4.01. The average Bonchev–Trinajstić information content (AvgIpc) is 2.95. The molecule has 1 aliphatic rings. The first-order chi connectivity index (χ1) is 10.2. The van der Waals surface area contributed by atoms with Crippen LogP contribution in [0.2, 0.25) is 0 Å². The number of piperazine rings is 1. The summed E-state index contributed by atoms with van der Waals surface area (Å²) in [4.78, 5) is 20.2. The summed E-state index contributed by atoms with van der Waals surface area (Å²) in [6, 6.07) is 10.4. The van der Waals surface area contributed by atoms with E-state index in [9.17, 15) is 4.79 Å². The number of amides is 1. The van der Waals surface area contributed by atoms with Gasteiger partial charge in [-0.1, -0.05) is 30.3 Å². The molecule has 2 aromatic rings. The number of rotatable bonds is 3. The number of nitrogens with zero attached hydrogens (tertiary/aromatic N) is 3. The summed E-state index contributed by atoms with van der Waals surface area (Å²) >= 11 is 0. The maximum absolute atomic E-state index is 12.2. The number of carbonyl (C=O) groups is 1. The summed E-state index contributed by atoms with van der Waals surface area (Å²) in [5, 5.41) is 0. The molecule has 0 atom stereocenters. The molecule has 1 fully saturated rings. The summed E-state index contributed by atoms with van der Waals surface area (Å²) in [5.41, 5.74) is 6.97. The van der Waals surface area contributed by atoms with Crippen molar-refractivity contribution in [2.75, 3.05) is 31.9 Å². The summed E-state index contributed by atoms with van der Waals surface area (Å²) in [6.07, 6.45) is 1.31. The van der Waals surface area contributed by atoms with Crippen molar-refractivity contribution in [2.45, 2.75) is 6.54 Å². The smallest absolute Gasteiger partial charge is 0.292 e. The molecule has 0 aliphatic carbocycles. The molecule has 1 saturated heterocycles. The zero-order valence-electron chi connectivity index (χ0n) is 11.7. The second-order valence-corrected chi connectivity index (χ2v) is 5.12. The van der Waals surface area contributed by atoms with Gasteiger partial charge in [0.05, 0.1) is 0 Å². The number of benzene rings is 1. The monoisotopic (exact) mass is 286 g/mol. The lowest BCUT2D eigenvalue weighted by molar-refractivity contribution is 0.0622. The SMILES string of the molecule is Nc1nc(C(=O)N2CCN(Cc3ccccc3)CC2)co1. The van der Waals surface area contributed by atoms with Crippen LogP contribution in [-0.2, 0) is 6.54 Å². The first kappa shape index (κ1) is 13.6. The Morgan fingerprint density at radius 1 is 1.19 bits per heavy atom. The molecular formula is C15H18N4O2. The number of hydrogen-bond donors (Lipinski definition) is 1. The Morgan fingerprint density at radius 2 is 1.90 bits per heavy atom. The van der Waals surface area contributed by atoms with Crippen LogP contribution >= 0.6 is 0 Å². The second-order valence-electron chi connectivity index (χ2n) is 5.12. The minimum Gasteiger partial charge on any atom is -0.431 e. The molecule has 110 valence electrons. The second kappa shape index (κ2) is 5.97. The summed E-state index contributed by atoms with van der Waals surface area (Å²) < 4.78 is 4.89. The van der Waals surface area contributed by atoms with Crippen molar-refractivity contribution in [3.05, 3.63) is 47.9 Å². The lowest BCUT2D eigenvalue weighted by atomic mass is 10.2. The molecule has 1 aliphatic heterocycles. The molecule has 2 heterocycles. The molecule has 0 spiro atoms. The number of nitrogens with two attached hydrogens (primary N) is 1. The Labute approximate surface area is 123 Å². The predicted octanol–water partition coefficient (Wildman–Crippen LogP) is 1.21. The molecule has 21 heavy (non-hydrogen) atoms. The molecule has 1 aromatic carbocycles. The first-order valence-corrected chi connectivity index (χ1v) is 6.99. The van der Waals surface area contributed by atoms with Crippen molar-refractivity contribution in [2.24, 2.45) is 0 Å². The molecule has 6 nitrogen and oxygen atoms in total. The van der Waals surface area contributed by atoms with Crippen LogP contribution in [0.1, 0.15) is 16.1 Å². The Hall–Kier alpha value is -2.34. The van der Waals surface area contributed by atoms with Gasteiger partial charge in [-0.05, 0) is 5.56 Å². The molecule has 3 rings (SSSR count). The number of oxazole rings is 1. The van der Waals surface area contributed by atoms with E-state index >= 15 is 0 Å². The van der Waals surface area contributed by atoms with Gasteiger partial charge in [-0.2, -0.15) is 4.98 Å². The third-order valence-corrected chi connectivity index (χ3v) is 3.65. The zero-order chi connectivity index (χ0) is 14.7. The van der Waals surface area contributed by atoms with Crippen LogP contribution in [0.4, 0.5) is 6.01 Å². The molecule has 0 bridgehead atoms. The number of aromatic nitrogens is 1. The van der Waals surface area contributed by atoms with Crippen molar-refractivity contribution in [1.29, 1.82) is 0 Å². The lowest BCUT2D eigenvalue weighted by Crippen LogP contribution is -2.48. The molecule has 1 aromatic heterocycles. The fraction of sp³-hybridized carbons (Fsp3) is 0.333. The molecule has 0 saturated carbocycles. The van der Waals surface area contributed by atoms with Crippen molar-refractivity contribution < 1.29 is 9.21 Å². The van der Waals surface area contributed by atoms with Gasteiger partial charge in [0.25, 0.3) is 11.9 Å². The normalized spacial score (nSPS) is 16.1. The Balaban J connectivity index is 1.54. The quantitative estimate of drug-likeness (QED) is 0.918. The summed E-state index contributed by atoms with van der Waals surface area (Å²) in [7, 11) is 0. The number of anilines is 1. The summed E-state index contributed by atoms with van der Waals surface area (Å²) in [5.74, 6) is -0.116. The van der Waals surface area contributed by atoms with E-state index in [1.54, 1.807) is 4.90 Å². The zero-order valence-corrected chi connectivity index (χ0v) is 11.7. The largest absolute Gasteiger partial charge is 0.431 e. The molecular weight excluding hydrogens is 268 g/mol. The minimum atomic E-state index is -0.116.